The number of fused-ring (bicyclic) bond motifs is 1. The lowest BCUT2D eigenvalue weighted by atomic mass is 10.2. The highest BCUT2D eigenvalue weighted by Gasteiger charge is 2.16. The van der Waals surface area contributed by atoms with Crippen molar-refractivity contribution in [3.63, 3.8) is 0 Å². The Morgan fingerprint density at radius 1 is 1.35 bits per heavy atom. The molecule has 0 bridgehead atoms. The van der Waals surface area contributed by atoms with Crippen molar-refractivity contribution in [2.24, 2.45) is 4.99 Å². The predicted molar refractivity (Wildman–Crippen MR) is 117 cm³/mol. The molecule has 0 saturated heterocycles. The van der Waals surface area contributed by atoms with Crippen molar-refractivity contribution in [1.82, 2.24) is 25.0 Å². The number of aromatic nitrogens is 3. The first-order valence-corrected chi connectivity index (χ1v) is 9.65. The summed E-state index contributed by atoms with van der Waals surface area (Å²) < 4.78 is 3.42. The van der Waals surface area contributed by atoms with Crippen molar-refractivity contribution in [3.8, 4) is 0 Å². The maximum atomic E-state index is 12.3. The van der Waals surface area contributed by atoms with Crippen LogP contribution in [0, 0.1) is 6.92 Å². The van der Waals surface area contributed by atoms with Crippen LogP contribution in [0.2, 0.25) is 0 Å². The predicted octanol–water partition coefficient (Wildman–Crippen LogP) is 2.12. The van der Waals surface area contributed by atoms with E-state index in [0.717, 1.165) is 57.1 Å². The molecule has 0 saturated carbocycles. The molecule has 0 fully saturated rings. The average molecular weight is 490 g/mol. The summed E-state index contributed by atoms with van der Waals surface area (Å²) in [6, 6.07) is 4.26. The smallest absolute Gasteiger partial charge is 0.345 e. The van der Waals surface area contributed by atoms with Gasteiger partial charge in [0.05, 0.1) is 6.54 Å². The van der Waals surface area contributed by atoms with Crippen LogP contribution in [0.5, 0.6) is 0 Å². The first-order chi connectivity index (χ1) is 12.2. The van der Waals surface area contributed by atoms with E-state index in [1.165, 1.54) is 9.75 Å². The van der Waals surface area contributed by atoms with Crippen molar-refractivity contribution >= 4 is 41.3 Å². The molecule has 3 rings (SSSR count). The molecule has 2 N–H and O–H groups in total. The largest absolute Gasteiger partial charge is 0.356 e. The number of guanidine groups is 1. The van der Waals surface area contributed by atoms with Gasteiger partial charge in [0.1, 0.15) is 5.82 Å². The normalized spacial score (nSPS) is 13.8. The minimum atomic E-state index is 0. The maximum absolute atomic E-state index is 12.3. The Morgan fingerprint density at radius 3 is 2.88 bits per heavy atom. The Morgan fingerprint density at radius 2 is 2.19 bits per heavy atom. The molecular weight excluding hydrogens is 463 g/mol. The zero-order chi connectivity index (χ0) is 17.6. The van der Waals surface area contributed by atoms with Crippen molar-refractivity contribution < 1.29 is 0 Å². The van der Waals surface area contributed by atoms with Gasteiger partial charge in [-0.05, 0) is 38.3 Å². The van der Waals surface area contributed by atoms with Crippen LogP contribution in [0.15, 0.2) is 21.9 Å². The van der Waals surface area contributed by atoms with E-state index in [2.05, 4.69) is 39.8 Å². The van der Waals surface area contributed by atoms with Gasteiger partial charge in [-0.1, -0.05) is 0 Å². The van der Waals surface area contributed by atoms with E-state index in [4.69, 9.17) is 0 Å². The molecule has 0 atom stereocenters. The summed E-state index contributed by atoms with van der Waals surface area (Å²) in [5, 5.41) is 11.1. The molecule has 3 heterocycles. The van der Waals surface area contributed by atoms with E-state index in [0.29, 0.717) is 6.54 Å². The van der Waals surface area contributed by atoms with Gasteiger partial charge >= 0.3 is 5.69 Å². The molecule has 0 unspecified atom stereocenters. The Hall–Kier alpha value is -1.36. The summed E-state index contributed by atoms with van der Waals surface area (Å²) in [6.45, 7) is 5.07. The topological polar surface area (TPSA) is 76.2 Å². The SMILES string of the molecule is CN=C(NCCCn1nc2n(c1=O)CCCC2)NCc1ccc(C)s1.I. The molecule has 1 aliphatic rings. The zero-order valence-corrected chi connectivity index (χ0v) is 18.5. The molecular formula is C17H27IN6OS. The van der Waals surface area contributed by atoms with E-state index < -0.39 is 0 Å². The van der Waals surface area contributed by atoms with Gasteiger partial charge in [0.15, 0.2) is 5.96 Å². The molecule has 0 amide bonds. The number of hydrogen-bond donors (Lipinski definition) is 2. The Balaban J connectivity index is 0.00000243. The maximum Gasteiger partial charge on any atom is 0.345 e. The van der Waals surface area contributed by atoms with Crippen LogP contribution in [-0.4, -0.2) is 33.9 Å². The highest BCUT2D eigenvalue weighted by molar-refractivity contribution is 14.0. The fraction of sp³-hybridized carbons (Fsp3) is 0.588. The Bertz CT molecular complexity index is 794. The first kappa shape index (κ1) is 20.9. The van der Waals surface area contributed by atoms with Gasteiger partial charge in [0.2, 0.25) is 0 Å². The number of thiophene rings is 1. The Kier molecular flexibility index (Phi) is 8.14. The van der Waals surface area contributed by atoms with Crippen LogP contribution in [0.4, 0.5) is 0 Å². The minimum Gasteiger partial charge on any atom is -0.356 e. The highest BCUT2D eigenvalue weighted by Crippen LogP contribution is 2.14. The van der Waals surface area contributed by atoms with Gasteiger partial charge < -0.3 is 10.6 Å². The summed E-state index contributed by atoms with van der Waals surface area (Å²) in [7, 11) is 1.77. The van der Waals surface area contributed by atoms with Crippen molar-refractivity contribution in [2.45, 2.75) is 52.2 Å². The third-order valence-electron chi connectivity index (χ3n) is 4.32. The number of nitrogens with one attached hydrogen (secondary N) is 2. The third-order valence-corrected chi connectivity index (χ3v) is 5.32. The van der Waals surface area contributed by atoms with Crippen LogP contribution < -0.4 is 16.3 Å². The molecule has 26 heavy (non-hydrogen) atoms. The van der Waals surface area contributed by atoms with Gasteiger partial charge in [-0.2, -0.15) is 5.10 Å². The van der Waals surface area contributed by atoms with Gasteiger partial charge in [-0.3, -0.25) is 9.56 Å². The summed E-state index contributed by atoms with van der Waals surface area (Å²) in [6.07, 6.45) is 3.95. The number of aliphatic imine (C=N–C) groups is 1. The van der Waals surface area contributed by atoms with E-state index >= 15 is 0 Å². The van der Waals surface area contributed by atoms with Gasteiger partial charge in [-0.15, -0.1) is 35.3 Å². The summed E-state index contributed by atoms with van der Waals surface area (Å²) >= 11 is 1.79. The second kappa shape index (κ2) is 10.1. The molecule has 2 aromatic heterocycles. The van der Waals surface area contributed by atoms with Crippen LogP contribution in [0.3, 0.4) is 0 Å². The molecule has 0 radical (unpaired) electrons. The Labute approximate surface area is 174 Å². The summed E-state index contributed by atoms with van der Waals surface area (Å²) in [5.74, 6) is 1.72. The second-order valence-corrected chi connectivity index (χ2v) is 7.62. The fourth-order valence-corrected chi connectivity index (χ4v) is 3.83. The minimum absolute atomic E-state index is 0. The lowest BCUT2D eigenvalue weighted by Crippen LogP contribution is -2.37. The zero-order valence-electron chi connectivity index (χ0n) is 15.3. The lowest BCUT2D eigenvalue weighted by molar-refractivity contribution is 0.509. The van der Waals surface area contributed by atoms with E-state index in [1.54, 1.807) is 23.1 Å². The second-order valence-electron chi connectivity index (χ2n) is 6.25. The van der Waals surface area contributed by atoms with E-state index in [-0.39, 0.29) is 29.7 Å². The van der Waals surface area contributed by atoms with Crippen LogP contribution in [0.25, 0.3) is 0 Å². The standard InChI is InChI=1S/C17H26N6OS.HI/c1-13-7-8-14(25-13)12-20-16(18-2)19-9-5-11-23-17(24)22-10-4-3-6-15(22)21-23;/h7-8H,3-6,9-12H2,1-2H3,(H2,18,19,20);1H. The van der Waals surface area contributed by atoms with Crippen LogP contribution >= 0.6 is 35.3 Å². The monoisotopic (exact) mass is 490 g/mol. The first-order valence-electron chi connectivity index (χ1n) is 8.83. The molecule has 144 valence electrons. The third kappa shape index (κ3) is 5.32. The molecule has 1 aliphatic heterocycles. The number of halogens is 1. The van der Waals surface area contributed by atoms with Crippen LogP contribution in [-0.2, 0) is 26.1 Å². The van der Waals surface area contributed by atoms with Gasteiger partial charge in [-0.25, -0.2) is 9.48 Å². The van der Waals surface area contributed by atoms with Crippen molar-refractivity contribution in [3.05, 3.63) is 38.2 Å². The lowest BCUT2D eigenvalue weighted by Gasteiger charge is -2.11. The number of aryl methyl sites for hydroxylation is 3. The van der Waals surface area contributed by atoms with Crippen molar-refractivity contribution in [2.75, 3.05) is 13.6 Å². The number of nitrogens with zero attached hydrogens (tertiary/aromatic N) is 4. The molecule has 9 heteroatoms. The molecule has 0 aliphatic carbocycles. The number of hydrogen-bond acceptors (Lipinski definition) is 4. The molecule has 2 aromatic rings. The summed E-state index contributed by atoms with van der Waals surface area (Å²) in [5.41, 5.74) is 0.0327. The molecule has 0 spiro atoms. The van der Waals surface area contributed by atoms with Gasteiger partial charge in [0, 0.05) is 42.9 Å². The molecule has 7 nitrogen and oxygen atoms in total. The van der Waals surface area contributed by atoms with Gasteiger partial charge in [0.25, 0.3) is 0 Å². The quantitative estimate of drug-likeness (QED) is 0.282. The van der Waals surface area contributed by atoms with E-state index in [1.807, 2.05) is 4.57 Å². The molecule has 0 aromatic carbocycles. The van der Waals surface area contributed by atoms with Crippen molar-refractivity contribution in [1.29, 1.82) is 0 Å². The highest BCUT2D eigenvalue weighted by atomic mass is 127. The average Bonchev–Trinajstić information content (AvgIpc) is 3.18. The van der Waals surface area contributed by atoms with E-state index in [9.17, 15) is 4.79 Å². The summed E-state index contributed by atoms with van der Waals surface area (Å²) in [4.78, 5) is 19.1. The number of rotatable bonds is 6. The van der Waals surface area contributed by atoms with Crippen LogP contribution in [0.1, 0.15) is 34.8 Å². The fourth-order valence-electron chi connectivity index (χ4n) is 3.00.